The molecule has 0 atom stereocenters. The second kappa shape index (κ2) is 8.16. The predicted molar refractivity (Wildman–Crippen MR) is 95.8 cm³/mol. The highest BCUT2D eigenvalue weighted by Crippen LogP contribution is 2.33. The van der Waals surface area contributed by atoms with Crippen LogP contribution in [0.15, 0.2) is 21.3 Å². The molecule has 2 aromatic rings. The molecule has 0 amide bonds. The van der Waals surface area contributed by atoms with E-state index in [1.807, 2.05) is 32.8 Å². The van der Waals surface area contributed by atoms with Crippen molar-refractivity contribution in [3.05, 3.63) is 39.2 Å². The lowest BCUT2D eigenvalue weighted by Crippen LogP contribution is -2.13. The fourth-order valence-corrected chi connectivity index (χ4v) is 2.74. The van der Waals surface area contributed by atoms with Crippen LogP contribution in [0.4, 0.5) is 0 Å². The van der Waals surface area contributed by atoms with Crippen molar-refractivity contribution < 1.29 is 19.1 Å². The summed E-state index contributed by atoms with van der Waals surface area (Å²) in [6, 6.07) is 3.22. The third-order valence-corrected chi connectivity index (χ3v) is 3.93. The zero-order valence-electron chi connectivity index (χ0n) is 15.2. The first-order chi connectivity index (χ1) is 11.8. The van der Waals surface area contributed by atoms with Gasteiger partial charge in [-0.1, -0.05) is 6.92 Å². The predicted octanol–water partition coefficient (Wildman–Crippen LogP) is 2.75. The Balaban J connectivity index is 2.45. The fourth-order valence-electron chi connectivity index (χ4n) is 2.74. The number of phenolic OH excluding ortho intramolecular Hbond substituents is 1. The molecule has 1 aromatic carbocycles. The maximum atomic E-state index is 11.8. The number of ether oxygens (including phenoxy) is 1. The molecule has 0 aliphatic carbocycles. The average Bonchev–Trinajstić information content (AvgIpc) is 2.54. The summed E-state index contributed by atoms with van der Waals surface area (Å²) >= 11 is 0. The number of aromatic hydroxyl groups is 1. The van der Waals surface area contributed by atoms with E-state index in [0.29, 0.717) is 36.3 Å². The Labute approximate surface area is 147 Å². The zero-order chi connectivity index (χ0) is 18.6. The van der Waals surface area contributed by atoms with Gasteiger partial charge in [-0.2, -0.15) is 0 Å². The van der Waals surface area contributed by atoms with E-state index in [4.69, 9.17) is 9.15 Å². The summed E-state index contributed by atoms with van der Waals surface area (Å²) in [7, 11) is 3.74. The molecule has 0 fully saturated rings. The Morgan fingerprint density at radius 1 is 1.32 bits per heavy atom. The van der Waals surface area contributed by atoms with Gasteiger partial charge in [-0.3, -0.25) is 4.79 Å². The molecule has 0 bridgehead atoms. The molecule has 1 heterocycles. The van der Waals surface area contributed by atoms with Crippen LogP contribution in [-0.4, -0.2) is 36.7 Å². The van der Waals surface area contributed by atoms with E-state index in [0.717, 1.165) is 17.4 Å². The normalized spacial score (nSPS) is 11.2. The lowest BCUT2D eigenvalue weighted by atomic mass is 9.98. The zero-order valence-corrected chi connectivity index (χ0v) is 15.2. The van der Waals surface area contributed by atoms with Crippen LogP contribution in [0.2, 0.25) is 0 Å². The molecule has 1 N–H and O–H groups in total. The quantitative estimate of drug-likeness (QED) is 0.613. The maximum absolute atomic E-state index is 11.8. The number of hydrogen-bond donors (Lipinski definition) is 1. The third kappa shape index (κ3) is 4.60. The third-order valence-electron chi connectivity index (χ3n) is 3.93. The molecular formula is C19H25NO5. The van der Waals surface area contributed by atoms with Gasteiger partial charge in [0.15, 0.2) is 0 Å². The van der Waals surface area contributed by atoms with E-state index in [2.05, 4.69) is 0 Å². The minimum Gasteiger partial charge on any atom is -0.507 e. The first-order valence-electron chi connectivity index (χ1n) is 8.42. The SMILES string of the molecule is CCCOC(=O)CCc1cc2c(C)cc(=O)oc2c(CN(C)C)c1O. The summed E-state index contributed by atoms with van der Waals surface area (Å²) in [6.45, 7) is 4.59. The van der Waals surface area contributed by atoms with Crippen molar-refractivity contribution in [2.24, 2.45) is 0 Å². The number of hydrogen-bond acceptors (Lipinski definition) is 6. The Bertz CT molecular complexity index is 823. The van der Waals surface area contributed by atoms with Crippen LogP contribution in [0.25, 0.3) is 11.0 Å². The molecule has 6 heteroatoms. The molecule has 25 heavy (non-hydrogen) atoms. The Hall–Kier alpha value is -2.34. The molecule has 0 spiro atoms. The highest BCUT2D eigenvalue weighted by atomic mass is 16.5. The fraction of sp³-hybridized carbons (Fsp3) is 0.474. The van der Waals surface area contributed by atoms with Crippen molar-refractivity contribution in [2.75, 3.05) is 20.7 Å². The van der Waals surface area contributed by atoms with Gasteiger partial charge in [-0.15, -0.1) is 0 Å². The lowest BCUT2D eigenvalue weighted by molar-refractivity contribution is -0.143. The second-order valence-corrected chi connectivity index (χ2v) is 6.45. The summed E-state index contributed by atoms with van der Waals surface area (Å²) < 4.78 is 10.4. The molecule has 0 aliphatic rings. The van der Waals surface area contributed by atoms with Gasteiger partial charge in [-0.05, 0) is 51.1 Å². The van der Waals surface area contributed by atoms with Gasteiger partial charge in [0, 0.05) is 24.4 Å². The van der Waals surface area contributed by atoms with Crippen LogP contribution >= 0.6 is 0 Å². The number of benzene rings is 1. The van der Waals surface area contributed by atoms with Crippen LogP contribution in [0, 0.1) is 6.92 Å². The van der Waals surface area contributed by atoms with Gasteiger partial charge in [-0.25, -0.2) is 4.79 Å². The van der Waals surface area contributed by atoms with Crippen LogP contribution < -0.4 is 5.63 Å². The summed E-state index contributed by atoms with van der Waals surface area (Å²) in [5, 5.41) is 11.4. The van der Waals surface area contributed by atoms with Crippen molar-refractivity contribution in [3.63, 3.8) is 0 Å². The maximum Gasteiger partial charge on any atom is 0.336 e. The topological polar surface area (TPSA) is 80.0 Å². The lowest BCUT2D eigenvalue weighted by Gasteiger charge is -2.16. The standard InChI is InChI=1S/C19H25NO5/c1-5-8-24-16(21)7-6-13-10-14-12(2)9-17(22)25-19(14)15(18(13)23)11-20(3)4/h9-10,23H,5-8,11H2,1-4H3. The average molecular weight is 347 g/mol. The molecule has 0 saturated heterocycles. The van der Waals surface area contributed by atoms with Gasteiger partial charge < -0.3 is 19.2 Å². The van der Waals surface area contributed by atoms with Crippen molar-refractivity contribution in [2.45, 2.75) is 39.7 Å². The minimum absolute atomic E-state index is 0.0678. The minimum atomic E-state index is -0.444. The van der Waals surface area contributed by atoms with Gasteiger partial charge in [0.25, 0.3) is 0 Å². The molecule has 0 unspecified atom stereocenters. The molecule has 2 rings (SSSR count). The molecule has 136 valence electrons. The highest BCUT2D eigenvalue weighted by Gasteiger charge is 2.18. The van der Waals surface area contributed by atoms with E-state index in [9.17, 15) is 14.7 Å². The van der Waals surface area contributed by atoms with Gasteiger partial charge in [0.2, 0.25) is 0 Å². The van der Waals surface area contributed by atoms with Gasteiger partial charge in [0.05, 0.1) is 12.2 Å². The number of phenols is 1. The van der Waals surface area contributed by atoms with Crippen LogP contribution in [0.1, 0.15) is 36.5 Å². The van der Waals surface area contributed by atoms with Crippen LogP contribution in [0.3, 0.4) is 0 Å². The Kier molecular flexibility index (Phi) is 6.20. The van der Waals surface area contributed by atoms with E-state index in [1.54, 1.807) is 6.07 Å². The van der Waals surface area contributed by atoms with Crippen LogP contribution in [-0.2, 0) is 22.5 Å². The summed E-state index contributed by atoms with van der Waals surface area (Å²) in [6.07, 6.45) is 1.33. The van der Waals surface area contributed by atoms with Crippen molar-refractivity contribution in [1.29, 1.82) is 0 Å². The number of carbonyl (C=O) groups excluding carboxylic acids is 1. The smallest absolute Gasteiger partial charge is 0.336 e. The van der Waals surface area contributed by atoms with E-state index >= 15 is 0 Å². The largest absolute Gasteiger partial charge is 0.507 e. The van der Waals surface area contributed by atoms with Crippen LogP contribution in [0.5, 0.6) is 5.75 Å². The van der Waals surface area contributed by atoms with Gasteiger partial charge in [0.1, 0.15) is 11.3 Å². The molecule has 0 aliphatic heterocycles. The molecule has 0 radical (unpaired) electrons. The second-order valence-electron chi connectivity index (χ2n) is 6.45. The van der Waals surface area contributed by atoms with Crippen molar-refractivity contribution >= 4 is 16.9 Å². The summed E-state index contributed by atoms with van der Waals surface area (Å²) in [5.41, 5.74) is 1.94. The molecule has 1 aromatic heterocycles. The number of aryl methyl sites for hydroxylation is 2. The molecular weight excluding hydrogens is 322 g/mol. The van der Waals surface area contributed by atoms with E-state index < -0.39 is 5.63 Å². The number of carbonyl (C=O) groups is 1. The number of esters is 1. The van der Waals surface area contributed by atoms with Gasteiger partial charge >= 0.3 is 11.6 Å². The first kappa shape index (κ1) is 19.0. The number of nitrogens with zero attached hydrogens (tertiary/aromatic N) is 1. The Morgan fingerprint density at radius 2 is 2.04 bits per heavy atom. The Morgan fingerprint density at radius 3 is 2.68 bits per heavy atom. The molecule has 0 saturated carbocycles. The van der Waals surface area contributed by atoms with Crippen molar-refractivity contribution in [1.82, 2.24) is 4.90 Å². The van der Waals surface area contributed by atoms with E-state index in [-0.39, 0.29) is 18.1 Å². The number of rotatable bonds is 7. The van der Waals surface area contributed by atoms with Crippen molar-refractivity contribution in [3.8, 4) is 5.75 Å². The monoisotopic (exact) mass is 347 g/mol. The molecule has 6 nitrogen and oxygen atoms in total. The first-order valence-corrected chi connectivity index (χ1v) is 8.42. The summed E-state index contributed by atoms with van der Waals surface area (Å²) in [4.78, 5) is 25.4. The van der Waals surface area contributed by atoms with E-state index in [1.165, 1.54) is 6.07 Å². The number of fused-ring (bicyclic) bond motifs is 1. The highest BCUT2D eigenvalue weighted by molar-refractivity contribution is 5.86. The summed E-state index contributed by atoms with van der Waals surface area (Å²) in [5.74, 6) is -0.218.